The number of hydrogen-bond acceptors (Lipinski definition) is 4. The van der Waals surface area contributed by atoms with E-state index >= 15 is 0 Å². The van der Waals surface area contributed by atoms with Gasteiger partial charge in [-0.05, 0) is 55.2 Å². The average molecular weight is 415 g/mol. The molecule has 0 atom stereocenters. The Hall–Kier alpha value is -3.41. The van der Waals surface area contributed by atoms with Gasteiger partial charge in [0.1, 0.15) is 0 Å². The van der Waals surface area contributed by atoms with Crippen LogP contribution in [0.15, 0.2) is 46.9 Å². The first-order valence-electron chi connectivity index (χ1n) is 10.8. The van der Waals surface area contributed by atoms with Gasteiger partial charge < -0.3 is 14.6 Å². The fourth-order valence-corrected chi connectivity index (χ4v) is 4.16. The van der Waals surface area contributed by atoms with E-state index in [4.69, 9.17) is 4.42 Å². The molecule has 3 aromatic rings. The van der Waals surface area contributed by atoms with Crippen molar-refractivity contribution in [2.75, 3.05) is 11.4 Å². The Labute approximate surface area is 181 Å². The van der Waals surface area contributed by atoms with Crippen molar-refractivity contribution in [2.45, 2.75) is 39.7 Å². The van der Waals surface area contributed by atoms with E-state index in [1.54, 1.807) is 0 Å². The number of aryl methyl sites for hydroxylation is 2. The number of oxazole rings is 1. The molecule has 6 heteroatoms. The molecular weight excluding hydrogens is 390 g/mol. The summed E-state index contributed by atoms with van der Waals surface area (Å²) in [6.45, 7) is 4.85. The highest BCUT2D eigenvalue weighted by Gasteiger charge is 2.30. The number of carbonyl (C=O) groups excluding carboxylic acids is 2. The van der Waals surface area contributed by atoms with E-state index in [0.717, 1.165) is 46.7 Å². The van der Waals surface area contributed by atoms with Gasteiger partial charge in [-0.25, -0.2) is 4.98 Å². The van der Waals surface area contributed by atoms with Gasteiger partial charge in [0.2, 0.25) is 5.91 Å². The van der Waals surface area contributed by atoms with E-state index in [9.17, 15) is 9.59 Å². The Bertz CT molecular complexity index is 1180. The molecule has 0 bridgehead atoms. The number of amides is 2. The third kappa shape index (κ3) is 3.74. The maximum absolute atomic E-state index is 13.5. The van der Waals surface area contributed by atoms with Gasteiger partial charge in [0.15, 0.2) is 11.7 Å². The van der Waals surface area contributed by atoms with Crippen LogP contribution >= 0.6 is 0 Å². The number of hydrogen-bond donors (Lipinski definition) is 1. The zero-order chi connectivity index (χ0) is 21.5. The zero-order valence-electron chi connectivity index (χ0n) is 17.8. The predicted molar refractivity (Wildman–Crippen MR) is 118 cm³/mol. The molecule has 2 amide bonds. The fourth-order valence-electron chi connectivity index (χ4n) is 4.16. The average Bonchev–Trinajstić information content (AvgIpc) is 3.57. The molecule has 0 spiro atoms. The van der Waals surface area contributed by atoms with Crippen LogP contribution in [0.25, 0.3) is 11.3 Å². The smallest absolute Gasteiger partial charge is 0.258 e. The molecule has 158 valence electrons. The molecule has 1 aliphatic carbocycles. The maximum Gasteiger partial charge on any atom is 0.258 e. The summed E-state index contributed by atoms with van der Waals surface area (Å²) in [7, 11) is 0. The standard InChI is InChI=1S/C25H25N3O3/c1-15-13-18(9-10-19(15)14-26-24(29)17-7-8-17)25(30)28-12-11-21-23(31-16(2)27-21)20-5-3-4-6-22(20)28/h3-6,9-10,13,17H,7-8,11-12,14H2,1-2H3,(H,26,29). The topological polar surface area (TPSA) is 75.4 Å². The van der Waals surface area contributed by atoms with E-state index < -0.39 is 0 Å². The quantitative estimate of drug-likeness (QED) is 0.693. The SMILES string of the molecule is Cc1nc2c(o1)-c1ccccc1N(C(=O)c1ccc(CNC(=O)C3CC3)c(C)c1)CC2. The minimum Gasteiger partial charge on any atom is -0.441 e. The Morgan fingerprint density at radius 1 is 1.16 bits per heavy atom. The molecule has 0 saturated heterocycles. The summed E-state index contributed by atoms with van der Waals surface area (Å²) in [5.41, 5.74) is 5.27. The van der Waals surface area contributed by atoms with Gasteiger partial charge in [-0.3, -0.25) is 9.59 Å². The van der Waals surface area contributed by atoms with Crippen LogP contribution in [0.4, 0.5) is 5.69 Å². The number of anilines is 1. The van der Waals surface area contributed by atoms with Crippen molar-refractivity contribution in [1.82, 2.24) is 10.3 Å². The summed E-state index contributed by atoms with van der Waals surface area (Å²) < 4.78 is 5.86. The van der Waals surface area contributed by atoms with Crippen LogP contribution in [-0.4, -0.2) is 23.3 Å². The lowest BCUT2D eigenvalue weighted by atomic mass is 10.0. The van der Waals surface area contributed by atoms with Crippen LogP contribution in [0.5, 0.6) is 0 Å². The Morgan fingerprint density at radius 2 is 1.97 bits per heavy atom. The lowest BCUT2D eigenvalue weighted by Crippen LogP contribution is -2.32. The van der Waals surface area contributed by atoms with Crippen molar-refractivity contribution in [3.05, 3.63) is 70.7 Å². The number of aromatic nitrogens is 1. The Balaban J connectivity index is 1.40. The molecule has 1 saturated carbocycles. The minimum absolute atomic E-state index is 0.0500. The first-order valence-corrected chi connectivity index (χ1v) is 10.8. The van der Waals surface area contributed by atoms with Crippen molar-refractivity contribution >= 4 is 17.5 Å². The van der Waals surface area contributed by atoms with Crippen molar-refractivity contribution < 1.29 is 14.0 Å². The molecule has 2 aliphatic rings. The lowest BCUT2D eigenvalue weighted by molar-refractivity contribution is -0.122. The van der Waals surface area contributed by atoms with Gasteiger partial charge in [0, 0.05) is 43.5 Å². The zero-order valence-corrected chi connectivity index (χ0v) is 17.8. The molecule has 1 N–H and O–H groups in total. The van der Waals surface area contributed by atoms with Crippen molar-refractivity contribution in [3.63, 3.8) is 0 Å². The van der Waals surface area contributed by atoms with Crippen LogP contribution in [0.2, 0.25) is 0 Å². The molecule has 31 heavy (non-hydrogen) atoms. The summed E-state index contributed by atoms with van der Waals surface area (Å²) in [5.74, 6) is 1.66. The van der Waals surface area contributed by atoms with Gasteiger partial charge in [0.25, 0.3) is 5.91 Å². The molecule has 6 nitrogen and oxygen atoms in total. The molecule has 5 rings (SSSR count). The number of fused-ring (bicyclic) bond motifs is 3. The van der Waals surface area contributed by atoms with Gasteiger partial charge in [-0.15, -0.1) is 0 Å². The molecule has 2 heterocycles. The van der Waals surface area contributed by atoms with Crippen molar-refractivity contribution in [2.24, 2.45) is 5.92 Å². The van der Waals surface area contributed by atoms with Gasteiger partial charge in [-0.1, -0.05) is 18.2 Å². The van der Waals surface area contributed by atoms with Crippen molar-refractivity contribution in [1.29, 1.82) is 0 Å². The maximum atomic E-state index is 13.5. The van der Waals surface area contributed by atoms with E-state index in [2.05, 4.69) is 10.3 Å². The van der Waals surface area contributed by atoms with Crippen LogP contribution in [0.3, 0.4) is 0 Å². The van der Waals surface area contributed by atoms with Gasteiger partial charge in [-0.2, -0.15) is 0 Å². The third-order valence-electron chi connectivity index (χ3n) is 6.05. The minimum atomic E-state index is -0.0500. The van der Waals surface area contributed by atoms with Gasteiger partial charge >= 0.3 is 0 Å². The monoisotopic (exact) mass is 415 g/mol. The highest BCUT2D eigenvalue weighted by molar-refractivity contribution is 6.08. The molecular formula is C25H25N3O3. The van der Waals surface area contributed by atoms with Crippen LogP contribution in [0.1, 0.15) is 45.9 Å². The number of nitrogens with zero attached hydrogens (tertiary/aromatic N) is 2. The number of nitrogens with one attached hydrogen (secondary N) is 1. The largest absolute Gasteiger partial charge is 0.441 e. The Morgan fingerprint density at radius 3 is 2.74 bits per heavy atom. The highest BCUT2D eigenvalue weighted by Crippen LogP contribution is 2.37. The lowest BCUT2D eigenvalue weighted by Gasteiger charge is -2.23. The molecule has 2 aromatic carbocycles. The first kappa shape index (κ1) is 19.5. The number of rotatable bonds is 4. The first-order chi connectivity index (χ1) is 15.0. The van der Waals surface area contributed by atoms with Gasteiger partial charge in [0.05, 0.1) is 11.4 Å². The van der Waals surface area contributed by atoms with Crippen LogP contribution < -0.4 is 10.2 Å². The molecule has 0 unspecified atom stereocenters. The summed E-state index contributed by atoms with van der Waals surface area (Å²) in [5, 5.41) is 3.00. The van der Waals surface area contributed by atoms with E-state index in [1.165, 1.54) is 0 Å². The number of benzene rings is 2. The molecule has 1 fully saturated rings. The third-order valence-corrected chi connectivity index (χ3v) is 6.05. The van der Waals surface area contributed by atoms with E-state index in [-0.39, 0.29) is 17.7 Å². The van der Waals surface area contributed by atoms with E-state index in [1.807, 2.05) is 61.2 Å². The molecule has 0 radical (unpaired) electrons. The van der Waals surface area contributed by atoms with Crippen LogP contribution in [0, 0.1) is 19.8 Å². The Kier molecular flexibility index (Phi) is 4.85. The summed E-state index contributed by atoms with van der Waals surface area (Å²) in [4.78, 5) is 31.7. The number of para-hydroxylation sites is 1. The summed E-state index contributed by atoms with van der Waals surface area (Å²) in [6, 6.07) is 13.5. The highest BCUT2D eigenvalue weighted by atomic mass is 16.4. The second kappa shape index (κ2) is 7.69. The van der Waals surface area contributed by atoms with Crippen molar-refractivity contribution in [3.8, 4) is 11.3 Å². The molecule has 1 aliphatic heterocycles. The normalized spacial score (nSPS) is 15.1. The fraction of sp³-hybridized carbons (Fsp3) is 0.320. The summed E-state index contributed by atoms with van der Waals surface area (Å²) in [6.07, 6.45) is 2.62. The second-order valence-electron chi connectivity index (χ2n) is 8.37. The predicted octanol–water partition coefficient (Wildman–Crippen LogP) is 4.19. The molecule has 1 aromatic heterocycles. The summed E-state index contributed by atoms with van der Waals surface area (Å²) >= 11 is 0. The second-order valence-corrected chi connectivity index (χ2v) is 8.37. The van der Waals surface area contributed by atoms with Crippen LogP contribution in [-0.2, 0) is 17.8 Å². The number of carbonyl (C=O) groups is 2. The van der Waals surface area contributed by atoms with E-state index in [0.29, 0.717) is 31.0 Å².